The van der Waals surface area contributed by atoms with E-state index in [9.17, 15) is 4.79 Å². The van der Waals surface area contributed by atoms with Gasteiger partial charge in [-0.3, -0.25) is 4.79 Å². The smallest absolute Gasteiger partial charge is 0.222 e. The zero-order valence-electron chi connectivity index (χ0n) is 8.77. The van der Waals surface area contributed by atoms with Crippen LogP contribution in [0.15, 0.2) is 0 Å². The number of hydrogen-bond acceptors (Lipinski definition) is 1. The van der Waals surface area contributed by atoms with Gasteiger partial charge in [0.25, 0.3) is 0 Å². The Kier molecular flexibility index (Phi) is 7.06. The molecule has 1 atom stereocenters. The Balaban J connectivity index is 3.65. The lowest BCUT2D eigenvalue weighted by atomic mass is 10.0. The van der Waals surface area contributed by atoms with E-state index in [1.807, 2.05) is 13.8 Å². The molecule has 2 nitrogen and oxygen atoms in total. The molecule has 13 heavy (non-hydrogen) atoms. The van der Waals surface area contributed by atoms with Crippen LogP contribution in [-0.4, -0.2) is 18.3 Å². The Hall–Kier alpha value is -0.240. The lowest BCUT2D eigenvalue weighted by molar-refractivity contribution is -0.124. The first-order valence-corrected chi connectivity index (χ1v) is 5.48. The molecule has 0 saturated heterocycles. The molecular weight excluding hydrogens is 186 g/mol. The van der Waals surface area contributed by atoms with Crippen LogP contribution in [0.1, 0.15) is 33.6 Å². The fraction of sp³-hybridized carbons (Fsp3) is 0.900. The summed E-state index contributed by atoms with van der Waals surface area (Å²) >= 11 is 5.64. The molecule has 0 rings (SSSR count). The van der Waals surface area contributed by atoms with Crippen LogP contribution in [0.3, 0.4) is 0 Å². The molecule has 0 spiro atoms. The second-order valence-electron chi connectivity index (χ2n) is 3.65. The summed E-state index contributed by atoms with van der Waals surface area (Å²) < 4.78 is 0. The molecule has 0 aliphatic rings. The first-order valence-electron chi connectivity index (χ1n) is 4.95. The number of amides is 1. The quantitative estimate of drug-likeness (QED) is 0.663. The van der Waals surface area contributed by atoms with Gasteiger partial charge in [-0.15, -0.1) is 11.6 Å². The van der Waals surface area contributed by atoms with Crippen molar-refractivity contribution in [2.45, 2.75) is 33.6 Å². The number of alkyl halides is 1. The normalized spacial score (nSPS) is 13.0. The van der Waals surface area contributed by atoms with Gasteiger partial charge in [-0.25, -0.2) is 0 Å². The Labute approximate surface area is 86.0 Å². The molecule has 0 heterocycles. The van der Waals surface area contributed by atoms with E-state index in [1.54, 1.807) is 0 Å². The third-order valence-electron chi connectivity index (χ3n) is 2.18. The van der Waals surface area contributed by atoms with Gasteiger partial charge in [0, 0.05) is 18.3 Å². The van der Waals surface area contributed by atoms with Crippen LogP contribution in [0.5, 0.6) is 0 Å². The summed E-state index contributed by atoms with van der Waals surface area (Å²) in [6, 6.07) is 0. The average molecular weight is 206 g/mol. The minimum Gasteiger partial charge on any atom is -0.356 e. The summed E-state index contributed by atoms with van der Waals surface area (Å²) in [7, 11) is 0. The first kappa shape index (κ1) is 12.8. The van der Waals surface area contributed by atoms with Crippen molar-refractivity contribution in [2.75, 3.05) is 12.4 Å². The molecule has 0 aliphatic heterocycles. The fourth-order valence-electron chi connectivity index (χ4n) is 1.05. The van der Waals surface area contributed by atoms with Crippen molar-refractivity contribution in [3.05, 3.63) is 0 Å². The summed E-state index contributed by atoms with van der Waals surface area (Å²) in [5.41, 5.74) is 0. The zero-order chi connectivity index (χ0) is 10.3. The van der Waals surface area contributed by atoms with Crippen molar-refractivity contribution < 1.29 is 4.79 Å². The van der Waals surface area contributed by atoms with Gasteiger partial charge >= 0.3 is 0 Å². The van der Waals surface area contributed by atoms with Crippen LogP contribution in [0.2, 0.25) is 0 Å². The highest BCUT2D eigenvalue weighted by Crippen LogP contribution is 2.07. The molecule has 78 valence electrons. The number of halogens is 1. The van der Waals surface area contributed by atoms with E-state index in [-0.39, 0.29) is 11.8 Å². The van der Waals surface area contributed by atoms with E-state index in [1.165, 1.54) is 0 Å². The number of hydrogen-bond donors (Lipinski definition) is 1. The van der Waals surface area contributed by atoms with E-state index in [2.05, 4.69) is 12.2 Å². The zero-order valence-corrected chi connectivity index (χ0v) is 9.53. The topological polar surface area (TPSA) is 29.1 Å². The summed E-state index contributed by atoms with van der Waals surface area (Å²) in [6.07, 6.45) is 2.06. The van der Waals surface area contributed by atoms with E-state index in [0.29, 0.717) is 11.8 Å². The lowest BCUT2D eigenvalue weighted by Gasteiger charge is -2.15. The highest BCUT2D eigenvalue weighted by atomic mass is 35.5. The maximum absolute atomic E-state index is 11.2. The highest BCUT2D eigenvalue weighted by Gasteiger charge is 2.09. The molecule has 0 aliphatic carbocycles. The maximum atomic E-state index is 11.2. The molecule has 0 aromatic carbocycles. The predicted octanol–water partition coefficient (Wildman–Crippen LogP) is 2.41. The third-order valence-corrected chi connectivity index (χ3v) is 2.40. The van der Waals surface area contributed by atoms with Crippen LogP contribution < -0.4 is 5.32 Å². The summed E-state index contributed by atoms with van der Waals surface area (Å²) in [6.45, 7) is 6.69. The lowest BCUT2D eigenvalue weighted by Crippen LogP contribution is -2.32. The van der Waals surface area contributed by atoms with Crippen molar-refractivity contribution in [2.24, 2.45) is 11.8 Å². The van der Waals surface area contributed by atoms with E-state index in [4.69, 9.17) is 11.6 Å². The summed E-state index contributed by atoms with van der Waals surface area (Å²) in [5.74, 6) is 1.41. The number of rotatable bonds is 6. The second-order valence-corrected chi connectivity index (χ2v) is 4.03. The number of carbonyl (C=O) groups is 1. The van der Waals surface area contributed by atoms with Gasteiger partial charge in [-0.1, -0.05) is 27.2 Å². The Morgan fingerprint density at radius 3 is 2.46 bits per heavy atom. The van der Waals surface area contributed by atoms with Gasteiger partial charge < -0.3 is 5.32 Å². The minimum atomic E-state index is 0.0773. The Morgan fingerprint density at radius 1 is 1.46 bits per heavy atom. The molecule has 3 heteroatoms. The van der Waals surface area contributed by atoms with Gasteiger partial charge in [-0.2, -0.15) is 0 Å². The Bertz CT molecular complexity index is 148. The molecular formula is C10H20ClNO. The average Bonchev–Trinajstić information content (AvgIpc) is 2.11. The molecule has 0 aromatic rings. The second kappa shape index (κ2) is 7.19. The van der Waals surface area contributed by atoms with E-state index >= 15 is 0 Å². The SMILES string of the molecule is CCC(CCCl)CNC(=O)C(C)C. The van der Waals surface area contributed by atoms with Gasteiger partial charge in [0.15, 0.2) is 0 Å². The van der Waals surface area contributed by atoms with E-state index in [0.717, 1.165) is 19.4 Å². The van der Waals surface area contributed by atoms with Crippen molar-refractivity contribution in [3.8, 4) is 0 Å². The molecule has 1 amide bonds. The van der Waals surface area contributed by atoms with E-state index < -0.39 is 0 Å². The summed E-state index contributed by atoms with van der Waals surface area (Å²) in [4.78, 5) is 11.2. The highest BCUT2D eigenvalue weighted by molar-refractivity contribution is 6.17. The van der Waals surface area contributed by atoms with Crippen molar-refractivity contribution in [1.29, 1.82) is 0 Å². The molecule has 0 fully saturated rings. The van der Waals surface area contributed by atoms with Gasteiger partial charge in [0.1, 0.15) is 0 Å². The van der Waals surface area contributed by atoms with Crippen LogP contribution >= 0.6 is 11.6 Å². The molecule has 0 radical (unpaired) electrons. The molecule has 0 saturated carbocycles. The van der Waals surface area contributed by atoms with Crippen molar-refractivity contribution in [3.63, 3.8) is 0 Å². The van der Waals surface area contributed by atoms with Gasteiger partial charge in [0.2, 0.25) is 5.91 Å². The maximum Gasteiger partial charge on any atom is 0.222 e. The van der Waals surface area contributed by atoms with Crippen LogP contribution in [0.4, 0.5) is 0 Å². The monoisotopic (exact) mass is 205 g/mol. The van der Waals surface area contributed by atoms with Crippen LogP contribution in [-0.2, 0) is 4.79 Å². The molecule has 0 bridgehead atoms. The number of nitrogens with one attached hydrogen (secondary N) is 1. The summed E-state index contributed by atoms with van der Waals surface area (Å²) in [5, 5.41) is 2.92. The predicted molar refractivity (Wildman–Crippen MR) is 57.0 cm³/mol. The molecule has 0 aromatic heterocycles. The van der Waals surface area contributed by atoms with Crippen molar-refractivity contribution >= 4 is 17.5 Å². The molecule has 1 unspecified atom stereocenters. The van der Waals surface area contributed by atoms with Gasteiger partial charge in [-0.05, 0) is 12.3 Å². The fourth-order valence-corrected chi connectivity index (χ4v) is 1.36. The van der Waals surface area contributed by atoms with Crippen LogP contribution in [0.25, 0.3) is 0 Å². The first-order chi connectivity index (χ1) is 6.11. The number of carbonyl (C=O) groups excluding carboxylic acids is 1. The van der Waals surface area contributed by atoms with Crippen molar-refractivity contribution in [1.82, 2.24) is 5.32 Å². The van der Waals surface area contributed by atoms with Gasteiger partial charge in [0.05, 0.1) is 0 Å². The Morgan fingerprint density at radius 2 is 2.08 bits per heavy atom. The minimum absolute atomic E-state index is 0.0773. The third kappa shape index (κ3) is 5.92. The largest absolute Gasteiger partial charge is 0.356 e. The van der Waals surface area contributed by atoms with Crippen LogP contribution in [0, 0.1) is 11.8 Å². The molecule has 1 N–H and O–H groups in total. The standard InChI is InChI=1S/C10H20ClNO/c1-4-9(5-6-11)7-12-10(13)8(2)3/h8-9H,4-7H2,1-3H3,(H,12,13).